The zero-order valence-corrected chi connectivity index (χ0v) is 11.4. The second-order valence-corrected chi connectivity index (χ2v) is 5.46. The molecule has 3 nitrogen and oxygen atoms in total. The van der Waals surface area contributed by atoms with Crippen LogP contribution in [0, 0.1) is 0 Å². The van der Waals surface area contributed by atoms with Gasteiger partial charge in [0.15, 0.2) is 5.78 Å². The van der Waals surface area contributed by atoms with Crippen molar-refractivity contribution in [3.05, 3.63) is 29.8 Å². The van der Waals surface area contributed by atoms with Gasteiger partial charge < -0.3 is 5.11 Å². The molecule has 0 saturated heterocycles. The minimum atomic E-state index is 0.120. The number of Topliss-reactive ketones (excluding diaryl/α,β-unsaturated/α-hetero) is 1. The van der Waals surface area contributed by atoms with Crippen molar-refractivity contribution >= 4 is 17.5 Å². The van der Waals surface area contributed by atoms with Gasteiger partial charge in [-0.2, -0.15) is 0 Å². The fourth-order valence-electron chi connectivity index (χ4n) is 2.01. The van der Waals surface area contributed by atoms with Crippen LogP contribution in [0.15, 0.2) is 29.2 Å². The molecule has 0 atom stereocenters. The highest BCUT2D eigenvalue weighted by Gasteiger charge is 2.29. The van der Waals surface area contributed by atoms with Gasteiger partial charge in [-0.05, 0) is 31.2 Å². The van der Waals surface area contributed by atoms with Crippen LogP contribution in [0.25, 0.3) is 0 Å². The summed E-state index contributed by atoms with van der Waals surface area (Å²) in [6.45, 7) is 1.14. The largest absolute Gasteiger partial charge is 0.395 e. The van der Waals surface area contributed by atoms with Crippen molar-refractivity contribution < 1.29 is 9.90 Å². The Kier molecular flexibility index (Phi) is 4.80. The Hall–Kier alpha value is -0.840. The van der Waals surface area contributed by atoms with Crippen molar-refractivity contribution in [2.45, 2.75) is 23.8 Å². The molecule has 0 amide bonds. The maximum absolute atomic E-state index is 12.1. The Labute approximate surface area is 112 Å². The van der Waals surface area contributed by atoms with E-state index in [9.17, 15) is 4.79 Å². The van der Waals surface area contributed by atoms with Crippen molar-refractivity contribution in [1.82, 2.24) is 4.90 Å². The number of ketones is 1. The summed E-state index contributed by atoms with van der Waals surface area (Å²) < 4.78 is 0. The Morgan fingerprint density at radius 2 is 2.06 bits per heavy atom. The molecule has 1 fully saturated rings. The van der Waals surface area contributed by atoms with Gasteiger partial charge in [0, 0.05) is 23.0 Å². The standard InChI is InChI=1S/C14H19NO2S/c1-18-13-6-2-11(3-7-13)14(17)10-15(8-9-16)12-4-5-12/h2-3,6-7,12,16H,4-5,8-10H2,1H3. The second kappa shape index (κ2) is 6.36. The van der Waals surface area contributed by atoms with E-state index in [4.69, 9.17) is 5.11 Å². The SMILES string of the molecule is CSc1ccc(C(=O)CN(CCO)C2CC2)cc1. The molecule has 0 heterocycles. The highest BCUT2D eigenvalue weighted by atomic mass is 32.2. The predicted octanol–water partition coefficient (Wildman–Crippen LogP) is 2.05. The van der Waals surface area contributed by atoms with E-state index in [2.05, 4.69) is 4.90 Å². The number of carbonyl (C=O) groups is 1. The second-order valence-electron chi connectivity index (χ2n) is 4.58. The molecule has 1 saturated carbocycles. The molecule has 1 N–H and O–H groups in total. The number of carbonyl (C=O) groups excluding carboxylic acids is 1. The molecule has 0 spiro atoms. The van der Waals surface area contributed by atoms with Crippen molar-refractivity contribution in [2.75, 3.05) is 26.0 Å². The summed E-state index contributed by atoms with van der Waals surface area (Å²) in [5.74, 6) is 0.142. The fourth-order valence-corrected chi connectivity index (χ4v) is 2.42. The molecule has 1 aliphatic rings. The first-order valence-electron chi connectivity index (χ1n) is 6.26. The highest BCUT2D eigenvalue weighted by Crippen LogP contribution is 2.26. The van der Waals surface area contributed by atoms with Crippen LogP contribution in [-0.4, -0.2) is 47.8 Å². The number of thioether (sulfide) groups is 1. The minimum absolute atomic E-state index is 0.120. The molecule has 18 heavy (non-hydrogen) atoms. The molecular formula is C14H19NO2S. The lowest BCUT2D eigenvalue weighted by Crippen LogP contribution is -2.34. The normalized spacial score (nSPS) is 15.1. The minimum Gasteiger partial charge on any atom is -0.395 e. The van der Waals surface area contributed by atoms with Crippen molar-refractivity contribution in [3.63, 3.8) is 0 Å². The zero-order valence-electron chi connectivity index (χ0n) is 10.6. The van der Waals surface area contributed by atoms with E-state index >= 15 is 0 Å². The lowest BCUT2D eigenvalue weighted by molar-refractivity contribution is 0.0907. The van der Waals surface area contributed by atoms with Gasteiger partial charge in [0.2, 0.25) is 0 Å². The molecule has 0 radical (unpaired) electrons. The van der Waals surface area contributed by atoms with Gasteiger partial charge in [-0.1, -0.05) is 12.1 Å². The molecule has 0 bridgehead atoms. The van der Waals surface area contributed by atoms with Crippen LogP contribution in [0.5, 0.6) is 0 Å². The lowest BCUT2D eigenvalue weighted by Gasteiger charge is -2.19. The van der Waals surface area contributed by atoms with E-state index in [-0.39, 0.29) is 12.4 Å². The summed E-state index contributed by atoms with van der Waals surface area (Å²) in [7, 11) is 0. The molecule has 98 valence electrons. The number of aliphatic hydroxyl groups is 1. The van der Waals surface area contributed by atoms with Crippen molar-refractivity contribution in [3.8, 4) is 0 Å². The van der Waals surface area contributed by atoms with E-state index in [1.165, 1.54) is 4.90 Å². The summed E-state index contributed by atoms with van der Waals surface area (Å²) in [6.07, 6.45) is 4.32. The van der Waals surface area contributed by atoms with Gasteiger partial charge in [0.1, 0.15) is 0 Å². The van der Waals surface area contributed by atoms with Crippen LogP contribution in [0.3, 0.4) is 0 Å². The molecule has 1 aromatic rings. The summed E-state index contributed by atoms with van der Waals surface area (Å²) in [5, 5.41) is 9.01. The summed E-state index contributed by atoms with van der Waals surface area (Å²) in [4.78, 5) is 15.4. The first-order valence-corrected chi connectivity index (χ1v) is 7.49. The zero-order chi connectivity index (χ0) is 13.0. The summed E-state index contributed by atoms with van der Waals surface area (Å²) >= 11 is 1.67. The molecule has 0 aromatic heterocycles. The first-order chi connectivity index (χ1) is 8.74. The molecule has 0 unspecified atom stereocenters. The van der Waals surface area contributed by atoms with Crippen LogP contribution in [0.2, 0.25) is 0 Å². The molecule has 1 aliphatic carbocycles. The van der Waals surface area contributed by atoms with Crippen LogP contribution < -0.4 is 0 Å². The molecule has 0 aliphatic heterocycles. The van der Waals surface area contributed by atoms with E-state index in [0.29, 0.717) is 19.1 Å². The van der Waals surface area contributed by atoms with Crippen molar-refractivity contribution in [1.29, 1.82) is 0 Å². The van der Waals surface area contributed by atoms with Gasteiger partial charge in [0.05, 0.1) is 13.2 Å². The lowest BCUT2D eigenvalue weighted by atomic mass is 10.1. The van der Waals surface area contributed by atoms with Gasteiger partial charge in [-0.25, -0.2) is 0 Å². The highest BCUT2D eigenvalue weighted by molar-refractivity contribution is 7.98. The fraction of sp³-hybridized carbons (Fsp3) is 0.500. The van der Waals surface area contributed by atoms with Crippen LogP contribution in [0.4, 0.5) is 0 Å². The quantitative estimate of drug-likeness (QED) is 0.605. The Balaban J connectivity index is 1.96. The van der Waals surface area contributed by atoms with E-state index in [1.54, 1.807) is 11.8 Å². The Morgan fingerprint density at radius 3 is 2.56 bits per heavy atom. The average Bonchev–Trinajstić information content (AvgIpc) is 3.22. The maximum atomic E-state index is 12.1. The topological polar surface area (TPSA) is 40.5 Å². The van der Waals surface area contributed by atoms with Gasteiger partial charge in [-0.3, -0.25) is 9.69 Å². The molecule has 2 rings (SSSR count). The van der Waals surface area contributed by atoms with Gasteiger partial charge >= 0.3 is 0 Å². The Bertz CT molecular complexity index is 401. The maximum Gasteiger partial charge on any atom is 0.176 e. The van der Waals surface area contributed by atoms with Gasteiger partial charge in [-0.15, -0.1) is 11.8 Å². The molecule has 4 heteroatoms. The smallest absolute Gasteiger partial charge is 0.176 e. The van der Waals surface area contributed by atoms with E-state index in [0.717, 1.165) is 18.4 Å². The van der Waals surface area contributed by atoms with Crippen LogP contribution in [0.1, 0.15) is 23.2 Å². The van der Waals surface area contributed by atoms with Crippen molar-refractivity contribution in [2.24, 2.45) is 0 Å². The number of nitrogens with zero attached hydrogens (tertiary/aromatic N) is 1. The molecular weight excluding hydrogens is 246 g/mol. The van der Waals surface area contributed by atoms with E-state index < -0.39 is 0 Å². The third kappa shape index (κ3) is 3.57. The first kappa shape index (κ1) is 13.6. The summed E-state index contributed by atoms with van der Waals surface area (Å²) in [6, 6.07) is 8.24. The van der Waals surface area contributed by atoms with Crippen LogP contribution >= 0.6 is 11.8 Å². The predicted molar refractivity (Wildman–Crippen MR) is 74.2 cm³/mol. The number of rotatable bonds is 7. The van der Waals surface area contributed by atoms with Crippen LogP contribution in [-0.2, 0) is 0 Å². The Morgan fingerprint density at radius 1 is 1.39 bits per heavy atom. The number of hydrogen-bond acceptors (Lipinski definition) is 4. The number of benzene rings is 1. The van der Waals surface area contributed by atoms with E-state index in [1.807, 2.05) is 30.5 Å². The monoisotopic (exact) mass is 265 g/mol. The molecule has 1 aromatic carbocycles. The third-order valence-electron chi connectivity index (χ3n) is 3.21. The summed E-state index contributed by atoms with van der Waals surface area (Å²) in [5.41, 5.74) is 0.761. The average molecular weight is 265 g/mol. The third-order valence-corrected chi connectivity index (χ3v) is 3.95. The number of hydrogen-bond donors (Lipinski definition) is 1. The van der Waals surface area contributed by atoms with Gasteiger partial charge in [0.25, 0.3) is 0 Å². The number of aliphatic hydroxyl groups excluding tert-OH is 1.